The molecule has 2 aliphatic carbocycles. The highest BCUT2D eigenvalue weighted by atomic mass is 16.8. The van der Waals surface area contributed by atoms with Crippen molar-refractivity contribution in [3.63, 3.8) is 0 Å². The lowest BCUT2D eigenvalue weighted by Crippen LogP contribution is -2.70. The van der Waals surface area contributed by atoms with Crippen molar-refractivity contribution in [2.45, 2.75) is 101 Å². The van der Waals surface area contributed by atoms with E-state index in [-0.39, 0.29) is 57.1 Å². The van der Waals surface area contributed by atoms with Gasteiger partial charge >= 0.3 is 6.09 Å². The van der Waals surface area contributed by atoms with E-state index < -0.39 is 30.1 Å². The molecule has 0 aromatic heterocycles. The highest BCUT2D eigenvalue weighted by Crippen LogP contribution is 2.62. The van der Waals surface area contributed by atoms with Crippen LogP contribution in [0.3, 0.4) is 0 Å². The van der Waals surface area contributed by atoms with E-state index in [9.17, 15) is 15.0 Å². The van der Waals surface area contributed by atoms with Crippen molar-refractivity contribution in [2.75, 3.05) is 33.0 Å². The Kier molecular flexibility index (Phi) is 16.2. The van der Waals surface area contributed by atoms with Crippen LogP contribution in [0.5, 0.6) is 17.2 Å². The number of aliphatic hydroxyl groups excluding tert-OH is 2. The Morgan fingerprint density at radius 2 is 1.72 bits per heavy atom. The van der Waals surface area contributed by atoms with Gasteiger partial charge in [0.2, 0.25) is 12.1 Å². The van der Waals surface area contributed by atoms with Crippen molar-refractivity contribution >= 4 is 28.9 Å². The summed E-state index contributed by atoms with van der Waals surface area (Å²) in [5.74, 6) is -0.649. The number of oxime groups is 1. The molecule has 12 nitrogen and oxygen atoms in total. The Morgan fingerprint density at radius 1 is 0.910 bits per heavy atom. The van der Waals surface area contributed by atoms with Gasteiger partial charge < -0.3 is 38.7 Å². The highest BCUT2D eigenvalue weighted by Gasteiger charge is 2.66. The summed E-state index contributed by atoms with van der Waals surface area (Å²) in [5, 5.41) is 27.1. The molecular weight excluding hydrogens is 849 g/mol. The first-order valence-corrected chi connectivity index (χ1v) is 24.0. The second-order valence-corrected chi connectivity index (χ2v) is 17.9. The van der Waals surface area contributed by atoms with Crippen LogP contribution in [-0.2, 0) is 25.6 Å². The van der Waals surface area contributed by atoms with Gasteiger partial charge in [-0.15, -0.1) is 13.2 Å². The number of aldehydes is 1. The molecule has 2 aliphatic heterocycles. The number of aliphatic hydroxyl groups is 2. The van der Waals surface area contributed by atoms with Crippen molar-refractivity contribution in [1.82, 2.24) is 4.90 Å². The zero-order valence-corrected chi connectivity index (χ0v) is 38.3. The summed E-state index contributed by atoms with van der Waals surface area (Å²) in [6, 6.07) is 26.2. The number of hydrogen-bond acceptors (Lipinski definition) is 11. The summed E-state index contributed by atoms with van der Waals surface area (Å²) in [6.07, 6.45) is 13.2. The third-order valence-corrected chi connectivity index (χ3v) is 13.7. The SMILES string of the molecule is C=CCCOC(=O)N(Cc1cccc2ccccc12)[C@H]1CC(=NOC2CCCCO2)C2=C[C@H](CCCCO)[C@@H](CCCCO)[C@@H]3c4cc(Oc5cccc(C=O)c5)ccc4O[C@@]1(OCC=C)[C@H]23. The number of unbranched alkanes of at least 4 members (excludes halogenated alkanes) is 2. The third kappa shape index (κ3) is 10.7. The number of amides is 1. The Labute approximate surface area is 393 Å². The smallest absolute Gasteiger partial charge is 0.410 e. The lowest BCUT2D eigenvalue weighted by atomic mass is 9.55. The molecule has 0 radical (unpaired) electrons. The van der Waals surface area contributed by atoms with Gasteiger partial charge in [-0.3, -0.25) is 9.69 Å². The van der Waals surface area contributed by atoms with Crippen LogP contribution in [0.25, 0.3) is 10.8 Å². The maximum absolute atomic E-state index is 15.0. The summed E-state index contributed by atoms with van der Waals surface area (Å²) >= 11 is 0. The molecule has 1 saturated heterocycles. The lowest BCUT2D eigenvalue weighted by Gasteiger charge is -2.60. The van der Waals surface area contributed by atoms with E-state index in [2.05, 4.69) is 37.4 Å². The van der Waals surface area contributed by atoms with Gasteiger partial charge in [0, 0.05) is 43.1 Å². The van der Waals surface area contributed by atoms with E-state index in [0.717, 1.165) is 72.3 Å². The molecule has 1 saturated carbocycles. The van der Waals surface area contributed by atoms with E-state index in [1.807, 2.05) is 48.5 Å². The van der Waals surface area contributed by atoms with Crippen LogP contribution in [0.1, 0.15) is 98.0 Å². The molecule has 67 heavy (non-hydrogen) atoms. The van der Waals surface area contributed by atoms with Crippen molar-refractivity contribution < 1.29 is 48.3 Å². The number of rotatable bonds is 22. The van der Waals surface area contributed by atoms with Crippen LogP contribution in [-0.4, -0.2) is 84.4 Å². The summed E-state index contributed by atoms with van der Waals surface area (Å²) in [5.41, 5.74) is 3.90. The van der Waals surface area contributed by atoms with Crippen molar-refractivity contribution in [2.24, 2.45) is 22.9 Å². The van der Waals surface area contributed by atoms with Gasteiger partial charge in [0.05, 0.1) is 38.0 Å². The Hall–Kier alpha value is -5.79. The molecule has 4 aliphatic rings. The summed E-state index contributed by atoms with van der Waals surface area (Å²) in [6.45, 7) is 9.09. The number of benzene rings is 4. The molecule has 4 aromatic carbocycles. The molecule has 2 heterocycles. The zero-order valence-electron chi connectivity index (χ0n) is 38.3. The van der Waals surface area contributed by atoms with Gasteiger partial charge in [-0.25, -0.2) is 4.79 Å². The van der Waals surface area contributed by atoms with E-state index in [4.69, 9.17) is 33.7 Å². The third-order valence-electron chi connectivity index (χ3n) is 13.7. The van der Waals surface area contributed by atoms with Gasteiger partial charge in [0.15, 0.2) is 0 Å². The van der Waals surface area contributed by atoms with Crippen LogP contribution >= 0.6 is 0 Å². The van der Waals surface area contributed by atoms with E-state index in [1.54, 1.807) is 35.3 Å². The maximum atomic E-state index is 15.0. The molecule has 12 heteroatoms. The number of ether oxygens (including phenoxy) is 5. The number of fused-ring (bicyclic) bond motifs is 3. The van der Waals surface area contributed by atoms with Crippen molar-refractivity contribution in [3.05, 3.63) is 139 Å². The van der Waals surface area contributed by atoms with Crippen LogP contribution in [0.2, 0.25) is 0 Å². The minimum atomic E-state index is -1.51. The van der Waals surface area contributed by atoms with E-state index >= 15 is 4.79 Å². The molecular formula is C55H64N2O10. The Morgan fingerprint density at radius 3 is 2.51 bits per heavy atom. The van der Waals surface area contributed by atoms with Gasteiger partial charge in [-0.2, -0.15) is 0 Å². The van der Waals surface area contributed by atoms with Crippen molar-refractivity contribution in [1.29, 1.82) is 0 Å². The van der Waals surface area contributed by atoms with E-state index in [0.29, 0.717) is 60.8 Å². The topological polar surface area (TPSA) is 146 Å². The predicted octanol–water partition coefficient (Wildman–Crippen LogP) is 10.8. The standard InChI is InChI=1S/C55H64N2O10/c1-3-5-30-63-54(61)57(36-41-20-15-19-39-17-6-7-22-44(39)41)50-35-48(56-67-51-24-10-13-31-62-51)46-33-40(18-8-11-27-58)45(23-9-12-28-59)52-47-34-43(65-42-21-14-16-38(32-42)37-60)25-26-49(47)66-55(50,53(46)52)64-29-4-2/h3-4,6-7,14-17,19-22,25-26,32-34,37,40,45,50-53,58-59H,1-2,5,8-13,18,23-24,27-31,35-36H2/t40-,45+,50-,51?,52+,53+,55+/m0/s1. The average molecular weight is 913 g/mol. The van der Waals surface area contributed by atoms with Crippen LogP contribution in [0, 0.1) is 17.8 Å². The maximum Gasteiger partial charge on any atom is 0.410 e. The second kappa shape index (κ2) is 22.8. The zero-order chi connectivity index (χ0) is 46.6. The van der Waals surface area contributed by atoms with E-state index in [1.165, 1.54) is 0 Å². The molecule has 8 rings (SSSR count). The fraction of sp³-hybridized carbons (Fsp3) is 0.436. The normalized spacial score (nSPS) is 24.6. The van der Waals surface area contributed by atoms with Gasteiger partial charge in [0.1, 0.15) is 29.6 Å². The molecule has 2 N–H and O–H groups in total. The Bertz CT molecular complexity index is 2400. The number of hydrogen-bond donors (Lipinski definition) is 2. The van der Waals surface area contributed by atoms with Crippen molar-refractivity contribution in [3.8, 4) is 17.2 Å². The average Bonchev–Trinajstić information content (AvgIpc) is 3.36. The number of allylic oxidation sites excluding steroid dienone is 1. The number of carbonyl (C=O) groups excluding carboxylic acids is 2. The molecule has 0 bridgehead atoms. The van der Waals surface area contributed by atoms with Crippen LogP contribution in [0.15, 0.2) is 127 Å². The number of nitrogens with zero attached hydrogens (tertiary/aromatic N) is 2. The van der Waals surface area contributed by atoms with Gasteiger partial charge in [-0.1, -0.05) is 90.8 Å². The number of carbonyl (C=O) groups is 2. The first kappa shape index (κ1) is 47.7. The largest absolute Gasteiger partial charge is 0.459 e. The highest BCUT2D eigenvalue weighted by molar-refractivity contribution is 6.03. The summed E-state index contributed by atoms with van der Waals surface area (Å²) < 4.78 is 33.3. The minimum Gasteiger partial charge on any atom is -0.459 e. The molecule has 354 valence electrons. The molecule has 7 atom stereocenters. The monoisotopic (exact) mass is 912 g/mol. The summed E-state index contributed by atoms with van der Waals surface area (Å²) in [7, 11) is 0. The molecule has 1 unspecified atom stereocenters. The minimum absolute atomic E-state index is 0.00403. The van der Waals surface area contributed by atoms with Gasteiger partial charge in [-0.05, 0) is 109 Å². The molecule has 0 spiro atoms. The van der Waals surface area contributed by atoms with Crippen LogP contribution < -0.4 is 9.47 Å². The fourth-order valence-corrected chi connectivity index (χ4v) is 10.6. The Balaban J connectivity index is 1.35. The van der Waals surface area contributed by atoms with Gasteiger partial charge in [0.25, 0.3) is 0 Å². The predicted molar refractivity (Wildman–Crippen MR) is 257 cm³/mol. The molecule has 2 fully saturated rings. The lowest BCUT2D eigenvalue weighted by molar-refractivity contribution is -0.256. The molecule has 1 amide bonds. The molecule has 4 aromatic rings. The fourth-order valence-electron chi connectivity index (χ4n) is 10.6. The quantitative estimate of drug-likeness (QED) is 0.0338. The van der Waals surface area contributed by atoms with Crippen LogP contribution in [0.4, 0.5) is 4.79 Å². The second-order valence-electron chi connectivity index (χ2n) is 17.9. The first-order valence-electron chi connectivity index (χ1n) is 24.0. The first-order chi connectivity index (χ1) is 32.9. The summed E-state index contributed by atoms with van der Waals surface area (Å²) in [4.78, 5) is 34.8.